The van der Waals surface area contributed by atoms with Crippen LogP contribution in [0.3, 0.4) is 0 Å². The third-order valence-corrected chi connectivity index (χ3v) is 1.57. The molecule has 58 valence electrons. The fourth-order valence-electron chi connectivity index (χ4n) is 0.620. The van der Waals surface area contributed by atoms with Crippen molar-refractivity contribution in [3.63, 3.8) is 0 Å². The molecule has 0 unspecified atom stereocenters. The van der Waals surface area contributed by atoms with Crippen molar-refractivity contribution in [2.24, 2.45) is 4.47 Å². The van der Waals surface area contributed by atoms with Gasteiger partial charge in [-0.1, -0.05) is 28.2 Å². The van der Waals surface area contributed by atoms with Crippen LogP contribution in [0.25, 0.3) is 0 Å². The molecule has 0 aliphatic heterocycles. The molecule has 0 fully saturated rings. The molecule has 0 bridgehead atoms. The molecule has 0 spiro atoms. The Morgan fingerprint density at radius 2 is 2.18 bits per heavy atom. The van der Waals surface area contributed by atoms with Crippen molar-refractivity contribution in [3.05, 3.63) is 29.3 Å². The number of hydrogen-bond acceptors (Lipinski definition) is 2. The van der Waals surface area contributed by atoms with Crippen molar-refractivity contribution in [2.45, 2.75) is 0 Å². The van der Waals surface area contributed by atoms with Crippen LogP contribution in [0.1, 0.15) is 0 Å². The van der Waals surface area contributed by atoms with E-state index in [1.54, 1.807) is 24.3 Å². The maximum atomic E-state index is 9.86. The summed E-state index contributed by atoms with van der Waals surface area (Å²) in [5.74, 6) is 0. The van der Waals surface area contributed by atoms with Crippen LogP contribution in [0.5, 0.6) is 0 Å². The summed E-state index contributed by atoms with van der Waals surface area (Å²) in [7, 11) is 0. The summed E-state index contributed by atoms with van der Waals surface area (Å²) in [5, 5.41) is 0.547. The fraction of sp³-hybridized carbons (Fsp3) is 0. The minimum absolute atomic E-state index is 0.110. The van der Waals surface area contributed by atoms with E-state index in [1.165, 1.54) is 0 Å². The molecule has 0 heterocycles. The number of rotatable bonds is 2. The van der Waals surface area contributed by atoms with Gasteiger partial charge in [0.25, 0.3) is 0 Å². The normalized spacial score (nSPS) is 8.82. The van der Waals surface area contributed by atoms with Gasteiger partial charge in [-0.3, -0.25) is 5.43 Å². The average molecular weight is 189 g/mol. The number of halogens is 1. The number of anilines is 1. The third kappa shape index (κ3) is 2.32. The van der Waals surface area contributed by atoms with Crippen LogP contribution in [0.2, 0.25) is 5.02 Å². The van der Waals surface area contributed by atoms with Crippen molar-refractivity contribution < 1.29 is 4.21 Å². The third-order valence-electron chi connectivity index (χ3n) is 1.08. The van der Waals surface area contributed by atoms with Crippen LogP contribution in [-0.2, 0) is 11.5 Å². The van der Waals surface area contributed by atoms with Crippen molar-refractivity contribution in [2.75, 3.05) is 5.43 Å². The Hall–Kier alpha value is -0.870. The maximum Gasteiger partial charge on any atom is 0.223 e. The molecule has 0 atom stereocenters. The molecule has 1 N–H and O–H groups in total. The zero-order chi connectivity index (χ0) is 8.10. The Morgan fingerprint density at radius 1 is 1.45 bits per heavy atom. The van der Waals surface area contributed by atoms with Crippen molar-refractivity contribution >= 4 is 28.8 Å². The van der Waals surface area contributed by atoms with Gasteiger partial charge in [0.2, 0.25) is 11.5 Å². The summed E-state index contributed by atoms with van der Waals surface area (Å²) >= 11 is 5.84. The Morgan fingerprint density at radius 3 is 2.82 bits per heavy atom. The van der Waals surface area contributed by atoms with Crippen LogP contribution in [0, 0.1) is 0 Å². The highest BCUT2D eigenvalue weighted by molar-refractivity contribution is 7.54. The zero-order valence-electron chi connectivity index (χ0n) is 5.45. The molecule has 0 saturated heterocycles. The standard InChI is InChI=1S/C6H5ClN2OS/c7-5-3-1-2-4-6(5)8-9-11-10/h1-4,8H. The minimum Gasteiger partial charge on any atom is -0.264 e. The number of para-hydroxylation sites is 1. The molecule has 0 saturated carbocycles. The molecular weight excluding hydrogens is 184 g/mol. The van der Waals surface area contributed by atoms with Gasteiger partial charge >= 0.3 is 0 Å². The van der Waals surface area contributed by atoms with E-state index in [4.69, 9.17) is 11.6 Å². The highest BCUT2D eigenvalue weighted by Gasteiger charge is 1.93. The van der Waals surface area contributed by atoms with E-state index in [0.29, 0.717) is 10.7 Å². The van der Waals surface area contributed by atoms with E-state index >= 15 is 0 Å². The Kier molecular flexibility index (Phi) is 3.07. The topological polar surface area (TPSA) is 41.5 Å². The van der Waals surface area contributed by atoms with Crippen molar-refractivity contribution in [1.29, 1.82) is 0 Å². The number of nitrogens with one attached hydrogen (secondary N) is 1. The average Bonchev–Trinajstić information content (AvgIpc) is 2.03. The lowest BCUT2D eigenvalue weighted by atomic mass is 10.3. The summed E-state index contributed by atoms with van der Waals surface area (Å²) in [4.78, 5) is 0. The minimum atomic E-state index is 0.110. The lowest BCUT2D eigenvalue weighted by Gasteiger charge is -1.98. The van der Waals surface area contributed by atoms with Gasteiger partial charge in [-0.15, -0.1) is 0 Å². The molecule has 0 amide bonds. The number of nitrogens with zero attached hydrogens (tertiary/aromatic N) is 1. The summed E-state index contributed by atoms with van der Waals surface area (Å²) in [6, 6.07) is 7.06. The molecule has 11 heavy (non-hydrogen) atoms. The molecule has 0 aliphatic carbocycles. The molecule has 5 heteroatoms. The molecule has 0 aliphatic rings. The summed E-state index contributed by atoms with van der Waals surface area (Å²) < 4.78 is 13.2. The molecule has 1 aromatic carbocycles. The van der Waals surface area contributed by atoms with E-state index in [2.05, 4.69) is 9.90 Å². The highest BCUT2D eigenvalue weighted by atomic mass is 35.5. The summed E-state index contributed by atoms with van der Waals surface area (Å²) in [6.07, 6.45) is 0. The van der Waals surface area contributed by atoms with Crippen LogP contribution in [0.4, 0.5) is 5.69 Å². The van der Waals surface area contributed by atoms with E-state index in [9.17, 15) is 4.21 Å². The highest BCUT2D eigenvalue weighted by Crippen LogP contribution is 2.19. The fourth-order valence-corrected chi connectivity index (χ4v) is 0.933. The largest absolute Gasteiger partial charge is 0.264 e. The second-order valence-corrected chi connectivity index (χ2v) is 2.50. The lowest BCUT2D eigenvalue weighted by molar-refractivity contribution is 0.698. The smallest absolute Gasteiger partial charge is 0.223 e. The van der Waals surface area contributed by atoms with Gasteiger partial charge in [-0.2, -0.15) is 4.21 Å². The van der Waals surface area contributed by atoms with Gasteiger partial charge < -0.3 is 0 Å². The molecule has 0 radical (unpaired) electrons. The first kappa shape index (κ1) is 8.23. The van der Waals surface area contributed by atoms with Gasteiger partial charge in [0, 0.05) is 0 Å². The number of hydrogen-bond donors (Lipinski definition) is 1. The molecule has 1 rings (SSSR count). The van der Waals surface area contributed by atoms with Gasteiger partial charge in [0.15, 0.2) is 0 Å². The van der Waals surface area contributed by atoms with Crippen LogP contribution in [0.15, 0.2) is 28.7 Å². The number of benzene rings is 1. The Bertz CT molecular complexity index is 298. The van der Waals surface area contributed by atoms with E-state index < -0.39 is 0 Å². The Labute approximate surface area is 72.6 Å². The summed E-state index contributed by atoms with van der Waals surface area (Å²) in [5.41, 5.74) is 3.14. The van der Waals surface area contributed by atoms with Gasteiger partial charge in [0.1, 0.15) is 0 Å². The van der Waals surface area contributed by atoms with Gasteiger partial charge in [0.05, 0.1) is 10.7 Å². The SMILES string of the molecule is O=S=NNc1ccccc1Cl. The monoisotopic (exact) mass is 188 g/mol. The van der Waals surface area contributed by atoms with Gasteiger partial charge in [-0.25, -0.2) is 0 Å². The summed E-state index contributed by atoms with van der Waals surface area (Å²) in [6.45, 7) is 0. The lowest BCUT2D eigenvalue weighted by Crippen LogP contribution is -1.85. The van der Waals surface area contributed by atoms with Crippen LogP contribution in [-0.4, -0.2) is 4.21 Å². The van der Waals surface area contributed by atoms with E-state index in [1.807, 2.05) is 0 Å². The first-order valence-corrected chi connectivity index (χ1v) is 3.92. The first-order chi connectivity index (χ1) is 5.34. The van der Waals surface area contributed by atoms with Crippen molar-refractivity contribution in [3.8, 4) is 0 Å². The molecule has 0 aromatic heterocycles. The van der Waals surface area contributed by atoms with E-state index in [0.717, 1.165) is 0 Å². The molecular formula is C6H5ClN2OS. The Balaban J connectivity index is 2.85. The molecule has 1 aromatic rings. The first-order valence-electron chi connectivity index (χ1n) is 2.84. The maximum absolute atomic E-state index is 9.86. The quantitative estimate of drug-likeness (QED) is 0.722. The van der Waals surface area contributed by atoms with Gasteiger partial charge in [-0.05, 0) is 12.1 Å². The van der Waals surface area contributed by atoms with E-state index in [-0.39, 0.29) is 11.5 Å². The zero-order valence-corrected chi connectivity index (χ0v) is 7.02. The second-order valence-electron chi connectivity index (χ2n) is 1.76. The van der Waals surface area contributed by atoms with Crippen LogP contribution < -0.4 is 5.43 Å². The van der Waals surface area contributed by atoms with Crippen molar-refractivity contribution in [1.82, 2.24) is 0 Å². The predicted octanol–water partition coefficient (Wildman–Crippen LogP) is 2.06. The van der Waals surface area contributed by atoms with Crippen LogP contribution >= 0.6 is 11.6 Å². The predicted molar refractivity (Wildman–Crippen MR) is 45.6 cm³/mol. The molecule has 3 nitrogen and oxygen atoms in total. The second kappa shape index (κ2) is 4.10.